The van der Waals surface area contributed by atoms with Gasteiger partial charge in [0.25, 0.3) is 0 Å². The maximum absolute atomic E-state index is 12.9. The lowest BCUT2D eigenvalue weighted by molar-refractivity contribution is -0.151. The third kappa shape index (κ3) is 4.69. The first kappa shape index (κ1) is 23.5. The van der Waals surface area contributed by atoms with Crippen LogP contribution in [0.15, 0.2) is 60.7 Å². The molecule has 4 rings (SSSR count). The number of carbonyl (C=O) groups excluding carboxylic acids is 2. The fourth-order valence-electron chi connectivity index (χ4n) is 4.98. The number of nitrogens with zero attached hydrogens (tertiary/aromatic N) is 1. The number of carbonyl (C=O) groups is 3. The van der Waals surface area contributed by atoms with E-state index >= 15 is 0 Å². The maximum atomic E-state index is 12.9. The van der Waals surface area contributed by atoms with Crippen molar-refractivity contribution in [2.45, 2.75) is 44.7 Å². The minimum absolute atomic E-state index is 0.0232. The van der Waals surface area contributed by atoms with Crippen LogP contribution in [0.25, 0.3) is 11.1 Å². The molecule has 0 aromatic heterocycles. The highest BCUT2D eigenvalue weighted by Crippen LogP contribution is 2.44. The third-order valence-electron chi connectivity index (χ3n) is 6.77. The SMILES string of the molecule is CCN(C(=O)C1CC=CC(NC(=O)OCC2c3ccccc3-c3ccccc32)C1)C(C)C(=O)O. The monoisotopic (exact) mass is 462 g/mol. The second-order valence-corrected chi connectivity index (χ2v) is 8.81. The smallest absolute Gasteiger partial charge is 0.407 e. The van der Waals surface area contributed by atoms with E-state index in [1.54, 1.807) is 6.92 Å². The number of aliphatic carboxylic acids is 1. The first-order valence-corrected chi connectivity index (χ1v) is 11.7. The van der Waals surface area contributed by atoms with E-state index in [2.05, 4.69) is 29.6 Å². The lowest BCUT2D eigenvalue weighted by Crippen LogP contribution is -2.48. The van der Waals surface area contributed by atoms with Crippen LogP contribution in [0.5, 0.6) is 0 Å². The van der Waals surface area contributed by atoms with Crippen molar-refractivity contribution in [3.05, 3.63) is 71.8 Å². The number of allylic oxidation sites excluding steroid dienone is 1. The molecule has 7 heteroatoms. The van der Waals surface area contributed by atoms with Crippen molar-refractivity contribution in [3.8, 4) is 11.1 Å². The molecule has 3 atom stereocenters. The fraction of sp³-hybridized carbons (Fsp3) is 0.370. The number of carboxylic acid groups (broad SMARTS) is 1. The number of hydrogen-bond donors (Lipinski definition) is 2. The first-order chi connectivity index (χ1) is 16.4. The predicted molar refractivity (Wildman–Crippen MR) is 128 cm³/mol. The molecule has 7 nitrogen and oxygen atoms in total. The van der Waals surface area contributed by atoms with Crippen LogP contribution in [0.1, 0.15) is 43.7 Å². The summed E-state index contributed by atoms with van der Waals surface area (Å²) < 4.78 is 5.62. The summed E-state index contributed by atoms with van der Waals surface area (Å²) >= 11 is 0. The molecule has 2 aliphatic rings. The largest absolute Gasteiger partial charge is 0.480 e. The highest BCUT2D eigenvalue weighted by Gasteiger charge is 2.33. The van der Waals surface area contributed by atoms with Gasteiger partial charge in [0.2, 0.25) is 5.91 Å². The molecule has 34 heavy (non-hydrogen) atoms. The van der Waals surface area contributed by atoms with E-state index in [-0.39, 0.29) is 30.4 Å². The number of fused-ring (bicyclic) bond motifs is 3. The molecular weight excluding hydrogens is 432 g/mol. The summed E-state index contributed by atoms with van der Waals surface area (Å²) in [5.41, 5.74) is 4.62. The maximum Gasteiger partial charge on any atom is 0.407 e. The summed E-state index contributed by atoms with van der Waals surface area (Å²) in [5, 5.41) is 12.1. The summed E-state index contributed by atoms with van der Waals surface area (Å²) in [6.45, 7) is 3.81. The average Bonchev–Trinajstić information content (AvgIpc) is 3.17. The van der Waals surface area contributed by atoms with Crippen LogP contribution in [0, 0.1) is 5.92 Å². The minimum Gasteiger partial charge on any atom is -0.480 e. The van der Waals surface area contributed by atoms with Gasteiger partial charge in [-0.2, -0.15) is 0 Å². The van der Waals surface area contributed by atoms with Gasteiger partial charge in [0.15, 0.2) is 0 Å². The Morgan fingerprint density at radius 3 is 2.29 bits per heavy atom. The molecule has 0 spiro atoms. The summed E-state index contributed by atoms with van der Waals surface area (Å²) in [6.07, 6.45) is 4.12. The van der Waals surface area contributed by atoms with E-state index < -0.39 is 18.1 Å². The Labute approximate surface area is 199 Å². The molecule has 178 valence electrons. The van der Waals surface area contributed by atoms with E-state index in [4.69, 9.17) is 4.74 Å². The number of hydrogen-bond acceptors (Lipinski definition) is 4. The van der Waals surface area contributed by atoms with Gasteiger partial charge in [-0.3, -0.25) is 4.79 Å². The van der Waals surface area contributed by atoms with Crippen molar-refractivity contribution in [1.82, 2.24) is 10.2 Å². The van der Waals surface area contributed by atoms with Crippen LogP contribution in [-0.4, -0.2) is 53.2 Å². The highest BCUT2D eigenvalue weighted by molar-refractivity contribution is 5.85. The van der Waals surface area contributed by atoms with Crippen molar-refractivity contribution in [1.29, 1.82) is 0 Å². The van der Waals surface area contributed by atoms with Crippen molar-refractivity contribution in [3.63, 3.8) is 0 Å². The van der Waals surface area contributed by atoms with Gasteiger partial charge in [-0.05, 0) is 48.9 Å². The van der Waals surface area contributed by atoms with E-state index in [0.29, 0.717) is 19.4 Å². The summed E-state index contributed by atoms with van der Waals surface area (Å²) in [7, 11) is 0. The molecule has 2 aromatic carbocycles. The fourth-order valence-corrected chi connectivity index (χ4v) is 4.98. The average molecular weight is 463 g/mol. The molecule has 2 amide bonds. The second-order valence-electron chi connectivity index (χ2n) is 8.81. The second kappa shape index (κ2) is 10.1. The van der Waals surface area contributed by atoms with Crippen molar-refractivity contribution in [2.24, 2.45) is 5.92 Å². The van der Waals surface area contributed by atoms with Gasteiger partial charge in [0.05, 0.1) is 6.04 Å². The summed E-state index contributed by atoms with van der Waals surface area (Å²) in [6, 6.07) is 15.1. The highest BCUT2D eigenvalue weighted by atomic mass is 16.5. The normalized spacial score (nSPS) is 19.6. The van der Waals surface area contributed by atoms with E-state index in [0.717, 1.165) is 11.1 Å². The number of benzene rings is 2. The summed E-state index contributed by atoms with van der Waals surface area (Å²) in [5.74, 6) is -1.65. The number of likely N-dealkylation sites (N-methyl/N-ethyl adjacent to an activating group) is 1. The van der Waals surface area contributed by atoms with Gasteiger partial charge in [-0.25, -0.2) is 9.59 Å². The Kier molecular flexibility index (Phi) is 7.01. The van der Waals surface area contributed by atoms with Crippen LogP contribution >= 0.6 is 0 Å². The standard InChI is InChI=1S/C27H30N2O5/c1-3-29(17(2)26(31)32)25(30)18-9-8-10-19(15-18)28-27(33)34-16-24-22-13-6-4-11-20(22)21-12-5-7-14-23(21)24/h4-8,10-14,17-19,24H,3,9,15-16H2,1-2H3,(H,28,33)(H,31,32). The predicted octanol–water partition coefficient (Wildman–Crippen LogP) is 4.18. The zero-order valence-corrected chi connectivity index (χ0v) is 19.4. The van der Waals surface area contributed by atoms with Gasteiger partial charge in [0, 0.05) is 18.4 Å². The topological polar surface area (TPSA) is 95.9 Å². The van der Waals surface area contributed by atoms with Crippen molar-refractivity contribution < 1.29 is 24.2 Å². The zero-order valence-electron chi connectivity index (χ0n) is 19.4. The Hall–Kier alpha value is -3.61. The third-order valence-corrected chi connectivity index (χ3v) is 6.77. The number of amides is 2. The van der Waals surface area contributed by atoms with Crippen LogP contribution < -0.4 is 5.32 Å². The lowest BCUT2D eigenvalue weighted by Gasteiger charge is -2.32. The van der Waals surface area contributed by atoms with Crippen LogP contribution in [0.2, 0.25) is 0 Å². The van der Waals surface area contributed by atoms with Gasteiger partial charge in [0.1, 0.15) is 12.6 Å². The van der Waals surface area contributed by atoms with Gasteiger partial charge < -0.3 is 20.1 Å². The molecule has 0 saturated carbocycles. The van der Waals surface area contributed by atoms with E-state index in [9.17, 15) is 19.5 Å². The number of nitrogens with one attached hydrogen (secondary N) is 1. The zero-order chi connectivity index (χ0) is 24.2. The Morgan fingerprint density at radius 2 is 1.71 bits per heavy atom. The summed E-state index contributed by atoms with van der Waals surface area (Å²) in [4.78, 5) is 38.3. The van der Waals surface area contributed by atoms with Crippen LogP contribution in [-0.2, 0) is 14.3 Å². The van der Waals surface area contributed by atoms with Crippen LogP contribution in [0.4, 0.5) is 4.79 Å². The Morgan fingerprint density at radius 1 is 1.09 bits per heavy atom. The molecular formula is C27H30N2O5. The molecule has 2 aromatic rings. The molecule has 3 unspecified atom stereocenters. The minimum atomic E-state index is -1.03. The number of alkyl carbamates (subject to hydrolysis) is 1. The van der Waals surface area contributed by atoms with Gasteiger partial charge in [-0.1, -0.05) is 60.7 Å². The first-order valence-electron chi connectivity index (χ1n) is 11.7. The quantitative estimate of drug-likeness (QED) is 0.602. The molecule has 0 heterocycles. The lowest BCUT2D eigenvalue weighted by atomic mass is 9.89. The molecule has 0 saturated heterocycles. The number of rotatable bonds is 7. The van der Waals surface area contributed by atoms with Crippen molar-refractivity contribution >= 4 is 18.0 Å². The molecule has 2 N–H and O–H groups in total. The Bertz CT molecular complexity index is 1070. The molecule has 2 aliphatic carbocycles. The van der Waals surface area contributed by atoms with Crippen molar-refractivity contribution in [2.75, 3.05) is 13.2 Å². The molecule has 0 radical (unpaired) electrons. The van der Waals surface area contributed by atoms with E-state index in [1.165, 1.54) is 23.0 Å². The number of carboxylic acids is 1. The number of ether oxygens (including phenoxy) is 1. The van der Waals surface area contributed by atoms with E-state index in [1.807, 2.05) is 36.4 Å². The van der Waals surface area contributed by atoms with Gasteiger partial charge in [-0.15, -0.1) is 0 Å². The molecule has 0 aliphatic heterocycles. The molecule has 0 bridgehead atoms. The molecule has 0 fully saturated rings. The van der Waals surface area contributed by atoms with Gasteiger partial charge >= 0.3 is 12.1 Å². The Balaban J connectivity index is 1.36. The van der Waals surface area contributed by atoms with Crippen LogP contribution in [0.3, 0.4) is 0 Å².